The molecule has 0 spiro atoms. The van der Waals surface area contributed by atoms with Crippen molar-refractivity contribution in [2.45, 2.75) is 90.4 Å². The number of nitrogens with zero attached hydrogens (tertiary/aromatic N) is 1. The van der Waals surface area contributed by atoms with Gasteiger partial charge in [-0.25, -0.2) is 0 Å². The van der Waals surface area contributed by atoms with Crippen LogP contribution in [0.1, 0.15) is 91.8 Å². The van der Waals surface area contributed by atoms with Gasteiger partial charge in [0.15, 0.2) is 0 Å². The third kappa shape index (κ3) is 20.4. The number of carboxylic acid groups (broad SMARTS) is 1. The summed E-state index contributed by atoms with van der Waals surface area (Å²) in [5.74, 6) is -0.698. The Hall–Kier alpha value is 0.430. The van der Waals surface area contributed by atoms with Crippen LogP contribution in [-0.2, 0) is 4.79 Å². The third-order valence-corrected chi connectivity index (χ3v) is 4.10. The topological polar surface area (TPSA) is 40.5 Å². The van der Waals surface area contributed by atoms with Gasteiger partial charge in [0.25, 0.3) is 0 Å². The van der Waals surface area contributed by atoms with Crippen LogP contribution in [-0.4, -0.2) is 36.1 Å². The van der Waals surface area contributed by atoms with Gasteiger partial charge in [0.1, 0.15) is 0 Å². The third-order valence-electron chi connectivity index (χ3n) is 4.10. The number of carbonyl (C=O) groups is 1. The number of hydrogen-bond acceptors (Lipinski definition) is 2. The molecule has 0 radical (unpaired) electrons. The zero-order valence-electron chi connectivity index (χ0n) is 16.4. The average molecular weight is 323 g/mol. The molecule has 0 saturated carbocycles. The van der Waals surface area contributed by atoms with Crippen molar-refractivity contribution < 1.29 is 40.9 Å². The SMILES string of the molecule is CCCCCCCCCCCCCCN(C)CCC(=O)O.[H-].[Na+]. The molecule has 0 aliphatic rings. The smallest absolute Gasteiger partial charge is 1.00 e. The summed E-state index contributed by atoms with van der Waals surface area (Å²) in [6.45, 7) is 3.97. The van der Waals surface area contributed by atoms with Crippen molar-refractivity contribution in [3.63, 3.8) is 0 Å². The Balaban J connectivity index is -0.00000200. The molecular weight excluding hydrogens is 285 g/mol. The summed E-state index contributed by atoms with van der Waals surface area (Å²) in [7, 11) is 2.02. The number of rotatable bonds is 16. The zero-order chi connectivity index (χ0) is 15.8. The number of carboxylic acids is 1. The summed E-state index contributed by atoms with van der Waals surface area (Å²) < 4.78 is 0. The summed E-state index contributed by atoms with van der Waals surface area (Å²) in [4.78, 5) is 12.6. The van der Waals surface area contributed by atoms with E-state index in [4.69, 9.17) is 5.11 Å². The Labute approximate surface area is 162 Å². The van der Waals surface area contributed by atoms with E-state index < -0.39 is 5.97 Å². The first kappa shape index (κ1) is 24.7. The van der Waals surface area contributed by atoms with Crippen molar-refractivity contribution >= 4 is 5.97 Å². The van der Waals surface area contributed by atoms with Crippen molar-refractivity contribution in [3.05, 3.63) is 0 Å². The maximum absolute atomic E-state index is 10.5. The van der Waals surface area contributed by atoms with E-state index in [-0.39, 0.29) is 37.4 Å². The fraction of sp³-hybridized carbons (Fsp3) is 0.944. The van der Waals surface area contributed by atoms with E-state index >= 15 is 0 Å². The first-order valence-corrected chi connectivity index (χ1v) is 9.07. The van der Waals surface area contributed by atoms with Crippen LogP contribution in [0.25, 0.3) is 0 Å². The Kier molecular flexibility index (Phi) is 21.8. The Morgan fingerprint density at radius 1 is 0.818 bits per heavy atom. The summed E-state index contributed by atoms with van der Waals surface area (Å²) in [5.41, 5.74) is 0. The minimum atomic E-state index is -0.698. The van der Waals surface area contributed by atoms with Gasteiger partial charge >= 0.3 is 35.5 Å². The molecule has 1 N–H and O–H groups in total. The van der Waals surface area contributed by atoms with Crippen molar-refractivity contribution in [1.29, 1.82) is 0 Å². The molecule has 0 fully saturated rings. The van der Waals surface area contributed by atoms with E-state index in [0.717, 1.165) is 6.54 Å². The minimum Gasteiger partial charge on any atom is -1.00 e. The molecule has 0 saturated heterocycles. The van der Waals surface area contributed by atoms with Crippen LogP contribution in [0.15, 0.2) is 0 Å². The van der Waals surface area contributed by atoms with E-state index in [9.17, 15) is 4.79 Å². The van der Waals surface area contributed by atoms with Gasteiger partial charge in [-0.1, -0.05) is 77.6 Å². The van der Waals surface area contributed by atoms with Crippen LogP contribution in [0.5, 0.6) is 0 Å². The van der Waals surface area contributed by atoms with Gasteiger partial charge in [-0.15, -0.1) is 0 Å². The van der Waals surface area contributed by atoms with Crippen molar-refractivity contribution in [2.24, 2.45) is 0 Å². The van der Waals surface area contributed by atoms with E-state index in [0.29, 0.717) is 6.54 Å². The predicted molar refractivity (Wildman–Crippen MR) is 91.9 cm³/mol. The fourth-order valence-electron chi connectivity index (χ4n) is 2.62. The molecule has 0 unspecified atom stereocenters. The van der Waals surface area contributed by atoms with Gasteiger partial charge in [-0.3, -0.25) is 4.79 Å². The van der Waals surface area contributed by atoms with Crippen LogP contribution >= 0.6 is 0 Å². The fourth-order valence-corrected chi connectivity index (χ4v) is 2.62. The molecule has 0 amide bonds. The molecule has 0 aromatic rings. The first-order chi connectivity index (χ1) is 10.2. The Morgan fingerprint density at radius 3 is 1.64 bits per heavy atom. The summed E-state index contributed by atoms with van der Waals surface area (Å²) in [6, 6.07) is 0. The molecule has 4 heteroatoms. The summed E-state index contributed by atoms with van der Waals surface area (Å²) >= 11 is 0. The van der Waals surface area contributed by atoms with Crippen LogP contribution in [0.3, 0.4) is 0 Å². The summed E-state index contributed by atoms with van der Waals surface area (Å²) in [5, 5.41) is 8.61. The molecule has 0 aromatic heterocycles. The molecule has 0 atom stereocenters. The van der Waals surface area contributed by atoms with Crippen molar-refractivity contribution in [1.82, 2.24) is 4.90 Å². The van der Waals surface area contributed by atoms with Gasteiger partial charge in [0.05, 0.1) is 6.42 Å². The molecule has 0 aliphatic carbocycles. The van der Waals surface area contributed by atoms with Crippen LogP contribution < -0.4 is 29.6 Å². The van der Waals surface area contributed by atoms with E-state index in [1.165, 1.54) is 77.0 Å². The molecule has 0 bridgehead atoms. The molecule has 0 rings (SSSR count). The average Bonchev–Trinajstić information content (AvgIpc) is 2.46. The van der Waals surface area contributed by atoms with Gasteiger partial charge in [-0.05, 0) is 20.0 Å². The quantitative estimate of drug-likeness (QED) is 0.350. The molecule has 0 aromatic carbocycles. The van der Waals surface area contributed by atoms with Crippen LogP contribution in [0.4, 0.5) is 0 Å². The number of aliphatic carboxylic acids is 1. The van der Waals surface area contributed by atoms with E-state index in [1.807, 2.05) is 7.05 Å². The first-order valence-electron chi connectivity index (χ1n) is 9.07. The molecule has 0 heterocycles. The maximum atomic E-state index is 10.5. The second-order valence-electron chi connectivity index (χ2n) is 6.34. The number of hydrogen-bond donors (Lipinski definition) is 1. The van der Waals surface area contributed by atoms with Crippen molar-refractivity contribution in [2.75, 3.05) is 20.1 Å². The minimum absolute atomic E-state index is 0. The standard InChI is InChI=1S/C18H37NO2.Na.H/c1-3-4-5-6-7-8-9-10-11-12-13-14-16-19(2)17-15-18(20)21;;/h3-17H2,1-2H3,(H,20,21);;/q;+1;-1. The Bertz CT molecular complexity index is 243. The van der Waals surface area contributed by atoms with Gasteiger partial charge < -0.3 is 11.4 Å². The molecule has 22 heavy (non-hydrogen) atoms. The molecular formula is C18H38NNaO2. The summed E-state index contributed by atoms with van der Waals surface area (Å²) in [6.07, 6.45) is 16.7. The largest absolute Gasteiger partial charge is 1.00 e. The Morgan fingerprint density at radius 2 is 1.23 bits per heavy atom. The monoisotopic (exact) mass is 323 g/mol. The van der Waals surface area contributed by atoms with E-state index in [1.54, 1.807) is 0 Å². The molecule has 3 nitrogen and oxygen atoms in total. The van der Waals surface area contributed by atoms with Crippen molar-refractivity contribution in [3.8, 4) is 0 Å². The normalized spacial score (nSPS) is 10.7. The second kappa shape index (κ2) is 19.5. The van der Waals surface area contributed by atoms with Crippen LogP contribution in [0.2, 0.25) is 0 Å². The second-order valence-corrected chi connectivity index (χ2v) is 6.34. The van der Waals surface area contributed by atoms with Gasteiger partial charge in [0.2, 0.25) is 0 Å². The molecule has 128 valence electrons. The van der Waals surface area contributed by atoms with E-state index in [2.05, 4.69) is 11.8 Å². The van der Waals surface area contributed by atoms with Gasteiger partial charge in [0, 0.05) is 6.54 Å². The molecule has 0 aliphatic heterocycles. The predicted octanol–water partition coefficient (Wildman–Crippen LogP) is 2.21. The van der Waals surface area contributed by atoms with Crippen LogP contribution in [0, 0.1) is 0 Å². The maximum Gasteiger partial charge on any atom is 1.00 e. The zero-order valence-corrected chi connectivity index (χ0v) is 17.4. The van der Waals surface area contributed by atoms with Gasteiger partial charge in [-0.2, -0.15) is 0 Å². The number of unbranched alkanes of at least 4 members (excludes halogenated alkanes) is 11.